The van der Waals surface area contributed by atoms with Crippen molar-refractivity contribution >= 4 is 87.9 Å². The number of amides is 3. The number of aliphatic carboxylic acids is 4. The minimum absolute atomic E-state index is 0.00159. The molecule has 12 N–H and O–H groups in total. The monoisotopic (exact) mass is 1690 g/mol. The number of carboxylic acids is 4. The highest BCUT2D eigenvalue weighted by Gasteiger charge is 2.26. The quantitative estimate of drug-likeness (QED) is 0.00556. The molecule has 0 fully saturated rings. The van der Waals surface area contributed by atoms with Gasteiger partial charge in [0.05, 0.1) is 55.2 Å². The van der Waals surface area contributed by atoms with Crippen molar-refractivity contribution in [2.24, 2.45) is 16.5 Å². The number of nitrogens with zero attached hydrogens (tertiary/aromatic N) is 6. The van der Waals surface area contributed by atoms with Gasteiger partial charge in [0.25, 0.3) is 11.4 Å². The molecule has 4 atom stereocenters. The first-order valence-corrected chi connectivity index (χ1v) is 41.0. The van der Waals surface area contributed by atoms with Crippen molar-refractivity contribution in [3.8, 4) is 11.1 Å². The second-order valence-electron chi connectivity index (χ2n) is 29.6. The number of carbonyl (C=O) groups excluding carboxylic acids is 7. The zero-order valence-corrected chi connectivity index (χ0v) is 69.3. The molecule has 3 aromatic heterocycles. The number of guanidine groups is 1. The Kier molecular flexibility index (Phi) is 46.8. The van der Waals surface area contributed by atoms with Gasteiger partial charge in [0.15, 0.2) is 23.3 Å². The topological polar surface area (TPSA) is 506 Å². The van der Waals surface area contributed by atoms with Gasteiger partial charge in [0, 0.05) is 142 Å². The van der Waals surface area contributed by atoms with Crippen molar-refractivity contribution in [1.82, 2.24) is 30.9 Å². The number of aryl methyl sites for hydroxylation is 3. The molecule has 654 valence electrons. The van der Waals surface area contributed by atoms with Crippen LogP contribution in [0.1, 0.15) is 211 Å². The number of hydrogen-bond donors (Lipinski definition) is 10. The number of unbranched alkanes of at least 4 members (excludes halogenated alkanes) is 7. The Hall–Kier alpha value is -13.6. The van der Waals surface area contributed by atoms with E-state index < -0.39 is 57.4 Å². The summed E-state index contributed by atoms with van der Waals surface area (Å²) >= 11 is 0. The van der Waals surface area contributed by atoms with Gasteiger partial charge in [-0.3, -0.25) is 87.9 Å². The third kappa shape index (κ3) is 44.3. The van der Waals surface area contributed by atoms with Crippen LogP contribution in [0.2, 0.25) is 0 Å². The second-order valence-corrected chi connectivity index (χ2v) is 29.6. The number of pyridine rings is 3. The molecule has 4 unspecified atom stereocenters. The van der Waals surface area contributed by atoms with Gasteiger partial charge >= 0.3 is 23.9 Å². The molecule has 123 heavy (non-hydrogen) atoms. The van der Waals surface area contributed by atoms with Crippen molar-refractivity contribution in [3.05, 3.63) is 260 Å². The van der Waals surface area contributed by atoms with Crippen LogP contribution in [0.25, 0.3) is 11.1 Å². The number of anilines is 1. The zero-order chi connectivity index (χ0) is 89.5. The number of benzene rings is 5. The van der Waals surface area contributed by atoms with Gasteiger partial charge in [0.2, 0.25) is 17.7 Å². The minimum Gasteiger partial charge on any atom is -0.481 e. The molecule has 31 nitrogen and oxygen atoms in total. The van der Waals surface area contributed by atoms with E-state index in [0.717, 1.165) is 97.2 Å². The predicted octanol–water partition coefficient (Wildman–Crippen LogP) is 13.9. The van der Waals surface area contributed by atoms with Gasteiger partial charge < -0.3 is 53.2 Å². The molecule has 0 aliphatic carbocycles. The Labute approximate surface area is 715 Å². The van der Waals surface area contributed by atoms with Gasteiger partial charge in [-0.25, -0.2) is 4.98 Å². The van der Waals surface area contributed by atoms with Gasteiger partial charge in [-0.15, -0.1) is 0 Å². The van der Waals surface area contributed by atoms with E-state index in [1.54, 1.807) is 48.8 Å². The molecule has 0 saturated carbocycles. The number of nitro groups is 2. The van der Waals surface area contributed by atoms with Crippen LogP contribution in [0.4, 0.5) is 17.2 Å². The average Bonchev–Trinajstić information content (AvgIpc) is 0.870. The summed E-state index contributed by atoms with van der Waals surface area (Å²) in [5.41, 5.74) is 18.1. The van der Waals surface area contributed by atoms with Crippen LogP contribution in [-0.4, -0.2) is 149 Å². The van der Waals surface area contributed by atoms with Crippen LogP contribution >= 0.6 is 0 Å². The number of Topliss-reactive ketones (excluding diaryl/α,β-unsaturated/α-hetero) is 4. The maximum absolute atomic E-state index is 12.5. The summed E-state index contributed by atoms with van der Waals surface area (Å²) in [6, 6.07) is 53.5. The summed E-state index contributed by atoms with van der Waals surface area (Å²) in [7, 11) is 0. The van der Waals surface area contributed by atoms with E-state index in [4.69, 9.17) is 21.7 Å². The molecule has 0 saturated heterocycles. The number of ketones is 4. The van der Waals surface area contributed by atoms with Crippen molar-refractivity contribution in [2.75, 3.05) is 38.0 Å². The summed E-state index contributed by atoms with van der Waals surface area (Å²) < 4.78 is 0. The van der Waals surface area contributed by atoms with E-state index in [2.05, 4.69) is 54.2 Å². The standard InChI is InChI=1S/C28H31N3O4.C24H30N2O5.C22H25N3O6.C18H26N4O4/c32-25(20-31-27(33)11-5-7-17-30-26-10-4-6-16-29-26)18-24(19-28(34)35)23-14-12-22(13-15-23)21-8-2-1-3-9-21;1-18-12-13-25-21(14-18)9-5-3-2-4-6-11-23(27)16-20(17-24(28)29)19-8-7-10-22(15-19)26(30)31;26-20(15-24-21(27)10-2-1-7-18-8-3-4-11-23-18)13-17(14-22(28)29)16-6-5-9-19(12-16)25(30)31;19-18(20)21-9-5-4-8-16(24)22-12-15(23)10-14(11-17(25)26)13-6-2-1-3-7-13/h1-4,6,8-10,12-16,24H,5,7,11,17-20H2,(H,29,30)(H,31,33)(H,34,35);7-8,10,12-15,20H,2-6,9,11,16-17H2,1H3,(H,28,29);3-6,8-9,11-12,17H,1-2,7,10,13-15H2,(H,24,27)(H,28,29);1-3,6-7,14H,4-5,8-12H2,(H,22,24)(H,25,26)(H4,19,20,21). The van der Waals surface area contributed by atoms with Crippen LogP contribution in [0.3, 0.4) is 0 Å². The number of rotatable bonds is 53. The second kappa shape index (κ2) is 57.5. The molecule has 0 bridgehead atoms. The van der Waals surface area contributed by atoms with Gasteiger partial charge in [-0.1, -0.05) is 141 Å². The summed E-state index contributed by atoms with van der Waals surface area (Å²) in [4.78, 5) is 167. The number of nitro benzene ring substituents is 2. The van der Waals surface area contributed by atoms with Crippen LogP contribution in [-0.2, 0) is 65.6 Å². The fraction of sp³-hybridized carbons (Fsp3) is 0.380. The Morgan fingerprint density at radius 1 is 0.382 bits per heavy atom. The predicted molar refractivity (Wildman–Crippen MR) is 465 cm³/mol. The maximum Gasteiger partial charge on any atom is 0.303 e. The van der Waals surface area contributed by atoms with Crippen LogP contribution < -0.4 is 32.7 Å². The number of carbonyl (C=O) groups is 11. The highest BCUT2D eigenvalue weighted by molar-refractivity contribution is 5.89. The number of nitrogens with two attached hydrogens (primary N) is 2. The van der Waals surface area contributed by atoms with E-state index in [0.29, 0.717) is 62.7 Å². The van der Waals surface area contributed by atoms with Gasteiger partial charge in [0.1, 0.15) is 11.6 Å². The molecule has 31 heteroatoms. The van der Waals surface area contributed by atoms with Crippen LogP contribution in [0.5, 0.6) is 0 Å². The lowest BCUT2D eigenvalue weighted by atomic mass is 9.89. The first-order chi connectivity index (χ1) is 59.1. The molecular weight excluding hydrogens is 1580 g/mol. The van der Waals surface area contributed by atoms with Crippen molar-refractivity contribution in [1.29, 1.82) is 0 Å². The van der Waals surface area contributed by atoms with E-state index >= 15 is 0 Å². The van der Waals surface area contributed by atoms with E-state index in [1.165, 1.54) is 42.0 Å². The lowest BCUT2D eigenvalue weighted by molar-refractivity contribution is -0.385. The molecule has 3 heterocycles. The molecule has 0 spiro atoms. The molecule has 3 amide bonds. The fourth-order valence-electron chi connectivity index (χ4n) is 13.2. The van der Waals surface area contributed by atoms with Gasteiger partial charge in [-0.2, -0.15) is 0 Å². The molecule has 8 rings (SSSR count). The number of nitrogens with one attached hydrogen (secondary N) is 4. The number of hydrogen-bond acceptors (Lipinski definition) is 20. The van der Waals surface area contributed by atoms with Crippen LogP contribution in [0.15, 0.2) is 206 Å². The largest absolute Gasteiger partial charge is 0.481 e. The smallest absolute Gasteiger partial charge is 0.303 e. The Morgan fingerprint density at radius 2 is 0.780 bits per heavy atom. The zero-order valence-electron chi connectivity index (χ0n) is 69.3. The molecule has 0 aliphatic rings. The number of aromatic nitrogens is 3. The summed E-state index contributed by atoms with van der Waals surface area (Å²) in [5, 5.41) is 69.6. The molecule has 0 radical (unpaired) electrons. The number of carboxylic acid groups (broad SMARTS) is 4. The minimum atomic E-state index is -1.11. The van der Waals surface area contributed by atoms with Crippen molar-refractivity contribution in [3.63, 3.8) is 0 Å². The summed E-state index contributed by atoms with van der Waals surface area (Å²) in [5.74, 6) is -6.71. The Bertz CT molecular complexity index is 4690. The third-order valence-electron chi connectivity index (χ3n) is 19.5. The summed E-state index contributed by atoms with van der Waals surface area (Å²) in [6.45, 7) is 2.83. The highest BCUT2D eigenvalue weighted by Crippen LogP contribution is 2.32. The van der Waals surface area contributed by atoms with Crippen molar-refractivity contribution < 1.29 is 83.0 Å². The Balaban J connectivity index is 0.000000293. The highest BCUT2D eigenvalue weighted by atomic mass is 16.6. The lowest BCUT2D eigenvalue weighted by Crippen LogP contribution is -2.30. The number of aliphatic imine (C=N–C) groups is 1. The number of non-ortho nitro benzene ring substituents is 2. The molecular formula is C92H112N12O19. The first kappa shape index (κ1) is 100.0. The fourth-order valence-corrected chi connectivity index (χ4v) is 13.2. The summed E-state index contributed by atoms with van der Waals surface area (Å²) in [6.07, 6.45) is 16.7. The Morgan fingerprint density at radius 3 is 1.25 bits per heavy atom. The first-order valence-electron chi connectivity index (χ1n) is 41.0. The average molecular weight is 1690 g/mol. The van der Waals surface area contributed by atoms with Crippen LogP contribution in [0, 0.1) is 27.2 Å². The normalized spacial score (nSPS) is 11.5. The van der Waals surface area contributed by atoms with Gasteiger partial charge in [-0.05, 0) is 146 Å². The SMILES string of the molecule is Cc1ccnc(CCCCCCCC(=O)CC(CC(=O)O)c2cccc([N+](=O)[O-])c2)c1.NC(N)=NCCCCC(=O)NCC(=O)CC(CC(=O)O)c1ccccc1.O=C(O)CC(CC(=O)CNC(=O)CCCCNc1ccccn1)c1ccc(-c2ccccc2)cc1.O=C(O)CC(CC(=O)CNC(=O)CCCCc1ccccn1)c1cccc([N+](=O)[O-])c1. The molecule has 5 aromatic carbocycles. The third-order valence-corrected chi connectivity index (χ3v) is 19.5. The molecule has 0 aliphatic heterocycles. The van der Waals surface area contributed by atoms with E-state index in [1.807, 2.05) is 109 Å². The van der Waals surface area contributed by atoms with E-state index in [9.17, 15) is 83.2 Å². The lowest BCUT2D eigenvalue weighted by Gasteiger charge is -2.16. The van der Waals surface area contributed by atoms with E-state index in [-0.39, 0.29) is 142 Å². The van der Waals surface area contributed by atoms with Crippen molar-refractivity contribution in [2.45, 2.75) is 191 Å². The molecule has 8 aromatic rings. The maximum atomic E-state index is 12.5.